The molecule has 2 N–H and O–H groups in total. The topological polar surface area (TPSA) is 78.5 Å². The first kappa shape index (κ1) is 18.0. The van der Waals surface area contributed by atoms with Crippen LogP contribution in [0.3, 0.4) is 0 Å². The summed E-state index contributed by atoms with van der Waals surface area (Å²) in [5.74, 6) is -0.527. The SMILES string of the molecule is CC(=O)N[C@H](C(=O)Nc1ccc2c(c1)N(C(C)=O)CCC2)C(C)C. The smallest absolute Gasteiger partial charge is 0.247 e. The fraction of sp³-hybridized carbons (Fsp3) is 0.500. The van der Waals surface area contributed by atoms with Gasteiger partial charge in [0.1, 0.15) is 6.04 Å². The van der Waals surface area contributed by atoms with Gasteiger partial charge < -0.3 is 15.5 Å². The summed E-state index contributed by atoms with van der Waals surface area (Å²) >= 11 is 0. The van der Waals surface area contributed by atoms with Crippen molar-refractivity contribution in [3.63, 3.8) is 0 Å². The lowest BCUT2D eigenvalue weighted by atomic mass is 10.0. The second-order valence-electron chi connectivity index (χ2n) is 6.53. The van der Waals surface area contributed by atoms with Gasteiger partial charge in [0, 0.05) is 31.8 Å². The molecule has 1 aromatic rings. The summed E-state index contributed by atoms with van der Waals surface area (Å²) in [4.78, 5) is 37.3. The summed E-state index contributed by atoms with van der Waals surface area (Å²) in [6, 6.07) is 5.02. The Bertz CT molecular complexity index is 655. The third-order valence-corrected chi connectivity index (χ3v) is 4.16. The first-order valence-electron chi connectivity index (χ1n) is 8.28. The predicted molar refractivity (Wildman–Crippen MR) is 93.9 cm³/mol. The van der Waals surface area contributed by atoms with Crippen molar-refractivity contribution in [3.05, 3.63) is 23.8 Å². The molecule has 0 bridgehead atoms. The van der Waals surface area contributed by atoms with Gasteiger partial charge in [-0.15, -0.1) is 0 Å². The zero-order chi connectivity index (χ0) is 17.9. The molecular weight excluding hydrogens is 306 g/mol. The minimum atomic E-state index is -0.595. The van der Waals surface area contributed by atoms with E-state index in [4.69, 9.17) is 0 Å². The molecule has 1 atom stereocenters. The highest BCUT2D eigenvalue weighted by Crippen LogP contribution is 2.30. The molecule has 0 fully saturated rings. The summed E-state index contributed by atoms with van der Waals surface area (Å²) < 4.78 is 0. The summed E-state index contributed by atoms with van der Waals surface area (Å²) in [6.07, 6.45) is 1.87. The lowest BCUT2D eigenvalue weighted by molar-refractivity contribution is -0.126. The van der Waals surface area contributed by atoms with Crippen LogP contribution < -0.4 is 15.5 Å². The number of nitrogens with zero attached hydrogens (tertiary/aromatic N) is 1. The maximum absolute atomic E-state index is 12.5. The van der Waals surface area contributed by atoms with E-state index in [-0.39, 0.29) is 23.6 Å². The minimum absolute atomic E-state index is 0.00210. The Balaban J connectivity index is 2.21. The molecule has 0 aromatic heterocycles. The van der Waals surface area contributed by atoms with E-state index in [1.807, 2.05) is 32.0 Å². The van der Waals surface area contributed by atoms with Crippen LogP contribution >= 0.6 is 0 Å². The van der Waals surface area contributed by atoms with E-state index in [0.29, 0.717) is 12.2 Å². The molecule has 0 unspecified atom stereocenters. The van der Waals surface area contributed by atoms with Gasteiger partial charge in [-0.2, -0.15) is 0 Å². The Labute approximate surface area is 142 Å². The highest BCUT2D eigenvalue weighted by Gasteiger charge is 2.24. The van der Waals surface area contributed by atoms with Gasteiger partial charge >= 0.3 is 0 Å². The van der Waals surface area contributed by atoms with Crippen molar-refractivity contribution < 1.29 is 14.4 Å². The van der Waals surface area contributed by atoms with Crippen LogP contribution in [0.25, 0.3) is 0 Å². The number of aryl methyl sites for hydroxylation is 1. The zero-order valence-corrected chi connectivity index (χ0v) is 14.7. The summed E-state index contributed by atoms with van der Waals surface area (Å²) in [5.41, 5.74) is 2.59. The second-order valence-corrected chi connectivity index (χ2v) is 6.53. The molecule has 2 rings (SSSR count). The Kier molecular flexibility index (Phi) is 5.59. The van der Waals surface area contributed by atoms with Crippen LogP contribution in [0.5, 0.6) is 0 Å². The molecule has 1 aliphatic rings. The molecule has 6 heteroatoms. The molecule has 3 amide bonds. The van der Waals surface area contributed by atoms with Crippen LogP contribution in [0.1, 0.15) is 39.7 Å². The third kappa shape index (κ3) is 4.13. The number of fused-ring (bicyclic) bond motifs is 1. The third-order valence-electron chi connectivity index (χ3n) is 4.16. The molecule has 0 saturated heterocycles. The van der Waals surface area contributed by atoms with E-state index in [0.717, 1.165) is 24.1 Å². The quantitative estimate of drug-likeness (QED) is 0.887. The standard InChI is InChI=1S/C18H25N3O3/c1-11(2)17(19-12(3)22)18(24)20-15-8-7-14-6-5-9-21(13(4)23)16(14)10-15/h7-8,10-11,17H,5-6,9H2,1-4H3,(H,19,22)(H,20,24)/t17-/m0/s1. The number of rotatable bonds is 4. The number of benzene rings is 1. The number of hydrogen-bond donors (Lipinski definition) is 2. The molecule has 0 radical (unpaired) electrons. The Morgan fingerprint density at radius 3 is 2.46 bits per heavy atom. The van der Waals surface area contributed by atoms with Crippen LogP contribution in [-0.4, -0.2) is 30.3 Å². The number of carbonyl (C=O) groups excluding carboxylic acids is 3. The van der Waals surface area contributed by atoms with Crippen molar-refractivity contribution in [2.45, 2.75) is 46.6 Å². The van der Waals surface area contributed by atoms with Gasteiger partial charge in [0.2, 0.25) is 17.7 Å². The molecule has 130 valence electrons. The molecule has 1 heterocycles. The van der Waals surface area contributed by atoms with Crippen LogP contribution in [0.15, 0.2) is 18.2 Å². The molecule has 24 heavy (non-hydrogen) atoms. The summed E-state index contributed by atoms with van der Waals surface area (Å²) in [7, 11) is 0. The van der Waals surface area contributed by atoms with E-state index >= 15 is 0 Å². The van der Waals surface area contributed by atoms with Crippen molar-refractivity contribution in [1.82, 2.24) is 5.32 Å². The van der Waals surface area contributed by atoms with E-state index in [9.17, 15) is 14.4 Å². The van der Waals surface area contributed by atoms with Gasteiger partial charge in [-0.25, -0.2) is 0 Å². The minimum Gasteiger partial charge on any atom is -0.344 e. The molecule has 0 spiro atoms. The number of hydrogen-bond acceptors (Lipinski definition) is 3. The number of amides is 3. The highest BCUT2D eigenvalue weighted by atomic mass is 16.2. The van der Waals surface area contributed by atoms with Gasteiger partial charge in [-0.1, -0.05) is 19.9 Å². The van der Waals surface area contributed by atoms with Crippen LogP contribution in [0.2, 0.25) is 0 Å². The van der Waals surface area contributed by atoms with E-state index in [1.54, 1.807) is 11.8 Å². The van der Waals surface area contributed by atoms with E-state index in [2.05, 4.69) is 10.6 Å². The van der Waals surface area contributed by atoms with Crippen molar-refractivity contribution in [3.8, 4) is 0 Å². The van der Waals surface area contributed by atoms with Crippen molar-refractivity contribution in [2.24, 2.45) is 5.92 Å². The molecule has 0 saturated carbocycles. The maximum atomic E-state index is 12.5. The van der Waals surface area contributed by atoms with Crippen LogP contribution in [0.4, 0.5) is 11.4 Å². The van der Waals surface area contributed by atoms with Gasteiger partial charge in [0.25, 0.3) is 0 Å². The van der Waals surface area contributed by atoms with Crippen molar-refractivity contribution in [1.29, 1.82) is 0 Å². The molecule has 1 aliphatic heterocycles. The average molecular weight is 331 g/mol. The molecular formula is C18H25N3O3. The fourth-order valence-electron chi connectivity index (χ4n) is 2.95. The monoisotopic (exact) mass is 331 g/mol. The van der Waals surface area contributed by atoms with E-state index in [1.165, 1.54) is 6.92 Å². The van der Waals surface area contributed by atoms with Gasteiger partial charge in [-0.05, 0) is 36.5 Å². The lowest BCUT2D eigenvalue weighted by Crippen LogP contribution is -2.46. The summed E-state index contributed by atoms with van der Waals surface area (Å²) in [6.45, 7) is 7.40. The highest BCUT2D eigenvalue weighted by molar-refractivity contribution is 5.99. The van der Waals surface area contributed by atoms with E-state index < -0.39 is 6.04 Å². The molecule has 1 aromatic carbocycles. The van der Waals surface area contributed by atoms with Crippen LogP contribution in [0, 0.1) is 5.92 Å². The first-order chi connectivity index (χ1) is 11.3. The van der Waals surface area contributed by atoms with Crippen molar-refractivity contribution >= 4 is 29.1 Å². The number of carbonyl (C=O) groups is 3. The normalized spacial score (nSPS) is 14.8. The average Bonchev–Trinajstić information content (AvgIpc) is 2.51. The largest absolute Gasteiger partial charge is 0.344 e. The zero-order valence-electron chi connectivity index (χ0n) is 14.7. The Morgan fingerprint density at radius 2 is 1.88 bits per heavy atom. The van der Waals surface area contributed by atoms with Crippen LogP contribution in [-0.2, 0) is 20.8 Å². The lowest BCUT2D eigenvalue weighted by Gasteiger charge is -2.29. The molecule has 0 aliphatic carbocycles. The summed E-state index contributed by atoms with van der Waals surface area (Å²) in [5, 5.41) is 5.52. The fourth-order valence-corrected chi connectivity index (χ4v) is 2.95. The maximum Gasteiger partial charge on any atom is 0.247 e. The number of nitrogens with one attached hydrogen (secondary N) is 2. The van der Waals surface area contributed by atoms with Gasteiger partial charge in [0.05, 0.1) is 0 Å². The Morgan fingerprint density at radius 1 is 1.17 bits per heavy atom. The van der Waals surface area contributed by atoms with Gasteiger partial charge in [0.15, 0.2) is 0 Å². The molecule has 6 nitrogen and oxygen atoms in total. The Hall–Kier alpha value is -2.37. The first-order valence-corrected chi connectivity index (χ1v) is 8.28. The number of anilines is 2. The van der Waals surface area contributed by atoms with Gasteiger partial charge in [-0.3, -0.25) is 14.4 Å². The predicted octanol–water partition coefficient (Wildman–Crippen LogP) is 2.08. The second kappa shape index (κ2) is 7.47. The van der Waals surface area contributed by atoms with Crippen molar-refractivity contribution in [2.75, 3.05) is 16.8 Å².